The molecule has 4 heteroatoms. The minimum Gasteiger partial charge on any atom is -0.379 e. The number of nitrogens with zero attached hydrogens (tertiary/aromatic N) is 2. The summed E-state index contributed by atoms with van der Waals surface area (Å²) in [6, 6.07) is 0. The SMILES string of the molecule is CN(C)CCOCCN1CCNCC1. The van der Waals surface area contributed by atoms with Gasteiger partial charge in [-0.2, -0.15) is 0 Å². The van der Waals surface area contributed by atoms with E-state index in [1.54, 1.807) is 0 Å². The number of hydrogen-bond donors (Lipinski definition) is 1. The highest BCUT2D eigenvalue weighted by Gasteiger charge is 2.07. The zero-order valence-corrected chi connectivity index (χ0v) is 9.46. The minimum atomic E-state index is 0.846. The highest BCUT2D eigenvalue weighted by atomic mass is 16.5. The van der Waals surface area contributed by atoms with Gasteiger partial charge < -0.3 is 15.0 Å². The highest BCUT2D eigenvalue weighted by molar-refractivity contribution is 4.66. The van der Waals surface area contributed by atoms with Crippen molar-refractivity contribution in [2.24, 2.45) is 0 Å². The first-order valence-corrected chi connectivity index (χ1v) is 5.44. The fourth-order valence-corrected chi connectivity index (χ4v) is 1.48. The van der Waals surface area contributed by atoms with Gasteiger partial charge in [0.15, 0.2) is 0 Å². The van der Waals surface area contributed by atoms with E-state index < -0.39 is 0 Å². The summed E-state index contributed by atoms with van der Waals surface area (Å²) in [5.41, 5.74) is 0. The fraction of sp³-hybridized carbons (Fsp3) is 1.00. The summed E-state index contributed by atoms with van der Waals surface area (Å²) in [6.07, 6.45) is 0. The molecule has 0 amide bonds. The lowest BCUT2D eigenvalue weighted by Gasteiger charge is -2.26. The molecule has 1 saturated heterocycles. The second-order valence-corrected chi connectivity index (χ2v) is 4.01. The van der Waals surface area contributed by atoms with Gasteiger partial charge in [0, 0.05) is 39.3 Å². The predicted molar refractivity (Wildman–Crippen MR) is 58.7 cm³/mol. The van der Waals surface area contributed by atoms with Gasteiger partial charge in [-0.05, 0) is 14.1 Å². The van der Waals surface area contributed by atoms with Crippen LogP contribution in [0.5, 0.6) is 0 Å². The first-order valence-electron chi connectivity index (χ1n) is 5.44. The van der Waals surface area contributed by atoms with Crippen molar-refractivity contribution in [2.75, 3.05) is 66.6 Å². The van der Waals surface area contributed by atoms with Crippen molar-refractivity contribution in [3.8, 4) is 0 Å². The van der Waals surface area contributed by atoms with E-state index in [0.29, 0.717) is 0 Å². The molecule has 0 unspecified atom stereocenters. The highest BCUT2D eigenvalue weighted by Crippen LogP contribution is 1.91. The second kappa shape index (κ2) is 7.17. The standard InChI is InChI=1S/C10H23N3O/c1-12(2)7-9-14-10-8-13-5-3-11-4-6-13/h11H,3-10H2,1-2H3. The Morgan fingerprint density at radius 2 is 1.93 bits per heavy atom. The maximum Gasteiger partial charge on any atom is 0.0594 e. The Labute approximate surface area is 87.2 Å². The largest absolute Gasteiger partial charge is 0.379 e. The van der Waals surface area contributed by atoms with Crippen molar-refractivity contribution in [1.82, 2.24) is 15.1 Å². The van der Waals surface area contributed by atoms with Gasteiger partial charge in [-0.15, -0.1) is 0 Å². The zero-order valence-electron chi connectivity index (χ0n) is 9.46. The third-order valence-corrected chi connectivity index (χ3v) is 2.44. The van der Waals surface area contributed by atoms with Crippen LogP contribution in [0.25, 0.3) is 0 Å². The van der Waals surface area contributed by atoms with Crippen LogP contribution in [0.15, 0.2) is 0 Å². The van der Waals surface area contributed by atoms with Gasteiger partial charge in [0.05, 0.1) is 13.2 Å². The third kappa shape index (κ3) is 5.54. The molecule has 1 aliphatic rings. The average Bonchev–Trinajstić information content (AvgIpc) is 2.18. The molecular formula is C10H23N3O. The molecule has 1 rings (SSSR count). The normalized spacial score (nSPS) is 19.1. The Balaban J connectivity index is 1.87. The van der Waals surface area contributed by atoms with Gasteiger partial charge in [-0.25, -0.2) is 0 Å². The lowest BCUT2D eigenvalue weighted by molar-refractivity contribution is 0.0887. The molecule has 0 aromatic rings. The summed E-state index contributed by atoms with van der Waals surface area (Å²) < 4.78 is 5.54. The maximum atomic E-state index is 5.54. The minimum absolute atomic E-state index is 0.846. The van der Waals surface area contributed by atoms with E-state index in [-0.39, 0.29) is 0 Å². The van der Waals surface area contributed by atoms with E-state index >= 15 is 0 Å². The molecule has 0 aromatic carbocycles. The molecule has 1 fully saturated rings. The van der Waals surface area contributed by atoms with Crippen LogP contribution in [-0.4, -0.2) is 76.4 Å². The smallest absolute Gasteiger partial charge is 0.0594 e. The molecule has 1 heterocycles. The summed E-state index contributed by atoms with van der Waals surface area (Å²) in [5, 5.41) is 3.34. The predicted octanol–water partition coefficient (Wildman–Crippen LogP) is -0.530. The Kier molecular flexibility index (Phi) is 6.10. The monoisotopic (exact) mass is 201 g/mol. The Morgan fingerprint density at radius 3 is 2.57 bits per heavy atom. The van der Waals surface area contributed by atoms with Crippen LogP contribution in [0.1, 0.15) is 0 Å². The Morgan fingerprint density at radius 1 is 1.21 bits per heavy atom. The van der Waals surface area contributed by atoms with Gasteiger partial charge in [-0.3, -0.25) is 4.90 Å². The number of nitrogens with one attached hydrogen (secondary N) is 1. The van der Waals surface area contributed by atoms with Crippen LogP contribution in [0.3, 0.4) is 0 Å². The number of piperazine rings is 1. The molecule has 0 radical (unpaired) electrons. The van der Waals surface area contributed by atoms with Crippen molar-refractivity contribution in [2.45, 2.75) is 0 Å². The average molecular weight is 201 g/mol. The van der Waals surface area contributed by atoms with Crippen molar-refractivity contribution in [1.29, 1.82) is 0 Å². The molecule has 0 aromatic heterocycles. The van der Waals surface area contributed by atoms with E-state index in [0.717, 1.165) is 52.5 Å². The van der Waals surface area contributed by atoms with E-state index in [2.05, 4.69) is 29.2 Å². The Hall–Kier alpha value is -0.160. The van der Waals surface area contributed by atoms with Crippen molar-refractivity contribution < 1.29 is 4.74 Å². The lowest BCUT2D eigenvalue weighted by Crippen LogP contribution is -2.44. The molecule has 0 saturated carbocycles. The molecule has 0 atom stereocenters. The van der Waals surface area contributed by atoms with Gasteiger partial charge >= 0.3 is 0 Å². The molecular weight excluding hydrogens is 178 g/mol. The van der Waals surface area contributed by atoms with Crippen molar-refractivity contribution in [3.05, 3.63) is 0 Å². The van der Waals surface area contributed by atoms with Crippen LogP contribution in [-0.2, 0) is 4.74 Å². The molecule has 84 valence electrons. The quantitative estimate of drug-likeness (QED) is 0.585. The van der Waals surface area contributed by atoms with Crippen LogP contribution in [0.4, 0.5) is 0 Å². The molecule has 14 heavy (non-hydrogen) atoms. The summed E-state index contributed by atoms with van der Waals surface area (Å²) in [6.45, 7) is 8.38. The van der Waals surface area contributed by atoms with E-state index in [1.165, 1.54) is 0 Å². The first-order chi connectivity index (χ1) is 6.79. The van der Waals surface area contributed by atoms with Crippen molar-refractivity contribution in [3.63, 3.8) is 0 Å². The fourth-order valence-electron chi connectivity index (χ4n) is 1.48. The molecule has 0 bridgehead atoms. The van der Waals surface area contributed by atoms with Gasteiger partial charge in [0.2, 0.25) is 0 Å². The van der Waals surface area contributed by atoms with Crippen molar-refractivity contribution >= 4 is 0 Å². The number of likely N-dealkylation sites (N-methyl/N-ethyl adjacent to an activating group) is 1. The van der Waals surface area contributed by atoms with E-state index in [9.17, 15) is 0 Å². The molecule has 0 spiro atoms. The number of hydrogen-bond acceptors (Lipinski definition) is 4. The van der Waals surface area contributed by atoms with E-state index in [4.69, 9.17) is 4.74 Å². The lowest BCUT2D eigenvalue weighted by atomic mass is 10.4. The van der Waals surface area contributed by atoms with Crippen LogP contribution >= 0.6 is 0 Å². The summed E-state index contributed by atoms with van der Waals surface area (Å²) in [5.74, 6) is 0. The Bertz CT molecular complexity index is 135. The molecule has 0 aliphatic carbocycles. The second-order valence-electron chi connectivity index (χ2n) is 4.01. The number of rotatable bonds is 6. The van der Waals surface area contributed by atoms with E-state index in [1.807, 2.05) is 0 Å². The zero-order chi connectivity index (χ0) is 10.2. The van der Waals surface area contributed by atoms with Gasteiger partial charge in [0.1, 0.15) is 0 Å². The summed E-state index contributed by atoms with van der Waals surface area (Å²) in [7, 11) is 4.14. The summed E-state index contributed by atoms with van der Waals surface area (Å²) in [4.78, 5) is 4.59. The van der Waals surface area contributed by atoms with Gasteiger partial charge in [-0.1, -0.05) is 0 Å². The molecule has 1 N–H and O–H groups in total. The van der Waals surface area contributed by atoms with Gasteiger partial charge in [0.25, 0.3) is 0 Å². The topological polar surface area (TPSA) is 27.7 Å². The van der Waals surface area contributed by atoms with Crippen LogP contribution < -0.4 is 5.32 Å². The van der Waals surface area contributed by atoms with Crippen LogP contribution in [0.2, 0.25) is 0 Å². The maximum absolute atomic E-state index is 5.54. The number of ether oxygens (including phenoxy) is 1. The molecule has 4 nitrogen and oxygen atoms in total. The van der Waals surface area contributed by atoms with Crippen LogP contribution in [0, 0.1) is 0 Å². The summed E-state index contributed by atoms with van der Waals surface area (Å²) >= 11 is 0. The third-order valence-electron chi connectivity index (χ3n) is 2.44. The molecule has 1 aliphatic heterocycles. The first kappa shape index (κ1) is 11.9.